The summed E-state index contributed by atoms with van der Waals surface area (Å²) in [6.07, 6.45) is 0. The molecule has 0 bridgehead atoms. The molecule has 0 aromatic carbocycles. The normalized spacial score (nSPS) is 12.9. The van der Waals surface area contributed by atoms with Crippen molar-refractivity contribution in [1.82, 2.24) is 0 Å². The molecule has 1 atom stereocenters. The number of hydrogen-bond donors (Lipinski definition) is 2. The zero-order chi connectivity index (χ0) is 8.27. The highest BCUT2D eigenvalue weighted by atomic mass is 32.1. The quantitative estimate of drug-likeness (QED) is 0.641. The lowest BCUT2D eigenvalue weighted by molar-refractivity contribution is 0.0929. The van der Waals surface area contributed by atoms with Crippen LogP contribution in [-0.2, 0) is 0 Å². The summed E-state index contributed by atoms with van der Waals surface area (Å²) < 4.78 is 0. The maximum atomic E-state index is 11.2. The van der Waals surface area contributed by atoms with Gasteiger partial charge >= 0.3 is 0 Å². The highest BCUT2D eigenvalue weighted by Gasteiger charge is 2.14. The van der Waals surface area contributed by atoms with Crippen LogP contribution in [0.5, 0.6) is 0 Å². The zero-order valence-electron chi connectivity index (χ0n) is 5.86. The van der Waals surface area contributed by atoms with Crippen LogP contribution in [0.2, 0.25) is 0 Å². The Morgan fingerprint density at radius 2 is 2.55 bits per heavy atom. The molecule has 3 nitrogen and oxygen atoms in total. The van der Waals surface area contributed by atoms with Crippen molar-refractivity contribution < 1.29 is 9.90 Å². The van der Waals surface area contributed by atoms with Gasteiger partial charge in [0.2, 0.25) is 0 Å². The summed E-state index contributed by atoms with van der Waals surface area (Å²) in [7, 11) is 0. The van der Waals surface area contributed by atoms with E-state index in [0.29, 0.717) is 4.88 Å². The second-order valence-corrected chi connectivity index (χ2v) is 3.08. The van der Waals surface area contributed by atoms with Crippen molar-refractivity contribution in [2.24, 2.45) is 5.73 Å². The van der Waals surface area contributed by atoms with Gasteiger partial charge in [-0.3, -0.25) is 4.79 Å². The van der Waals surface area contributed by atoms with Gasteiger partial charge in [0, 0.05) is 0 Å². The number of carbonyl (C=O) groups is 1. The first kappa shape index (κ1) is 8.39. The van der Waals surface area contributed by atoms with Gasteiger partial charge in [-0.25, -0.2) is 0 Å². The molecule has 0 amide bonds. The molecular weight excluding hydrogens is 162 g/mol. The molecule has 4 heteroatoms. The van der Waals surface area contributed by atoms with Crippen molar-refractivity contribution >= 4 is 17.1 Å². The summed E-state index contributed by atoms with van der Waals surface area (Å²) >= 11 is 1.33. The SMILES string of the molecule is NC(CO)C(=O)c1cccs1. The second kappa shape index (κ2) is 3.61. The Labute approximate surface area is 68.5 Å². The van der Waals surface area contributed by atoms with Gasteiger partial charge in [-0.1, -0.05) is 6.07 Å². The average Bonchev–Trinajstić information content (AvgIpc) is 2.53. The molecule has 1 heterocycles. The van der Waals surface area contributed by atoms with E-state index in [4.69, 9.17) is 10.8 Å². The molecule has 60 valence electrons. The summed E-state index contributed by atoms with van der Waals surface area (Å²) in [5.74, 6) is -0.192. The molecule has 1 aromatic rings. The van der Waals surface area contributed by atoms with Gasteiger partial charge in [-0.15, -0.1) is 11.3 Å². The maximum absolute atomic E-state index is 11.2. The van der Waals surface area contributed by atoms with E-state index in [1.807, 2.05) is 0 Å². The topological polar surface area (TPSA) is 63.3 Å². The molecule has 0 saturated heterocycles. The Balaban J connectivity index is 2.70. The number of aliphatic hydroxyl groups is 1. The smallest absolute Gasteiger partial charge is 0.191 e. The molecule has 1 rings (SSSR count). The number of thiophene rings is 1. The standard InChI is InChI=1S/C7H9NO2S/c8-5(4-9)7(10)6-2-1-3-11-6/h1-3,5,9H,4,8H2. The van der Waals surface area contributed by atoms with Crippen LogP contribution in [0.4, 0.5) is 0 Å². The molecule has 0 saturated carbocycles. The number of aliphatic hydroxyl groups excluding tert-OH is 1. The van der Waals surface area contributed by atoms with Crippen LogP contribution < -0.4 is 5.73 Å². The lowest BCUT2D eigenvalue weighted by Gasteiger charge is -2.02. The molecule has 0 spiro atoms. The van der Waals surface area contributed by atoms with Gasteiger partial charge in [0.25, 0.3) is 0 Å². The largest absolute Gasteiger partial charge is 0.394 e. The number of ketones is 1. The third-order valence-electron chi connectivity index (χ3n) is 1.30. The minimum absolute atomic E-state index is 0.192. The van der Waals surface area contributed by atoms with Crippen LogP contribution in [0, 0.1) is 0 Å². The van der Waals surface area contributed by atoms with Crippen LogP contribution in [-0.4, -0.2) is 23.5 Å². The Bertz CT molecular complexity index is 233. The number of carbonyl (C=O) groups excluding carboxylic acids is 1. The summed E-state index contributed by atoms with van der Waals surface area (Å²) in [6, 6.07) is 2.71. The van der Waals surface area contributed by atoms with Crippen molar-refractivity contribution in [3.63, 3.8) is 0 Å². The zero-order valence-corrected chi connectivity index (χ0v) is 6.67. The summed E-state index contributed by atoms with van der Waals surface area (Å²) in [4.78, 5) is 11.8. The predicted octanol–water partition coefficient (Wildman–Crippen LogP) is 0.250. The van der Waals surface area contributed by atoms with Crippen LogP contribution in [0.15, 0.2) is 17.5 Å². The highest BCUT2D eigenvalue weighted by molar-refractivity contribution is 7.12. The average molecular weight is 171 g/mol. The van der Waals surface area contributed by atoms with Crippen LogP contribution >= 0.6 is 11.3 Å². The van der Waals surface area contributed by atoms with Gasteiger partial charge < -0.3 is 10.8 Å². The summed E-state index contributed by atoms with van der Waals surface area (Å²) in [6.45, 7) is -0.295. The van der Waals surface area contributed by atoms with Gasteiger partial charge in [-0.2, -0.15) is 0 Å². The van der Waals surface area contributed by atoms with Crippen molar-refractivity contribution in [3.05, 3.63) is 22.4 Å². The minimum atomic E-state index is -0.770. The first-order valence-corrected chi connectivity index (χ1v) is 4.08. The predicted molar refractivity (Wildman–Crippen MR) is 43.7 cm³/mol. The first-order valence-electron chi connectivity index (χ1n) is 3.20. The number of hydrogen-bond acceptors (Lipinski definition) is 4. The molecule has 0 aliphatic rings. The van der Waals surface area contributed by atoms with E-state index in [9.17, 15) is 4.79 Å². The fourth-order valence-electron chi connectivity index (χ4n) is 0.684. The number of rotatable bonds is 3. The molecular formula is C7H9NO2S. The van der Waals surface area contributed by atoms with Gasteiger partial charge in [0.05, 0.1) is 17.5 Å². The molecule has 1 aromatic heterocycles. The lowest BCUT2D eigenvalue weighted by atomic mass is 10.2. The van der Waals surface area contributed by atoms with Crippen LogP contribution in [0.1, 0.15) is 9.67 Å². The summed E-state index contributed by atoms with van der Waals surface area (Å²) in [5, 5.41) is 10.4. The van der Waals surface area contributed by atoms with E-state index in [1.54, 1.807) is 17.5 Å². The van der Waals surface area contributed by atoms with Gasteiger partial charge in [0.15, 0.2) is 5.78 Å². The molecule has 0 radical (unpaired) electrons. The second-order valence-electron chi connectivity index (χ2n) is 2.13. The Kier molecular flexibility index (Phi) is 2.76. The molecule has 0 aliphatic carbocycles. The Morgan fingerprint density at radius 3 is 3.00 bits per heavy atom. The van der Waals surface area contributed by atoms with E-state index in [-0.39, 0.29) is 12.4 Å². The van der Waals surface area contributed by atoms with Crippen molar-refractivity contribution in [2.75, 3.05) is 6.61 Å². The number of Topliss-reactive ketones (excluding diaryl/α,β-unsaturated/α-hetero) is 1. The molecule has 0 aliphatic heterocycles. The monoisotopic (exact) mass is 171 g/mol. The van der Waals surface area contributed by atoms with Gasteiger partial charge in [-0.05, 0) is 11.4 Å². The first-order chi connectivity index (χ1) is 5.25. The third-order valence-corrected chi connectivity index (χ3v) is 2.18. The number of nitrogens with two attached hydrogens (primary N) is 1. The Morgan fingerprint density at radius 1 is 1.82 bits per heavy atom. The van der Waals surface area contributed by atoms with E-state index in [2.05, 4.69) is 0 Å². The third kappa shape index (κ3) is 1.86. The molecule has 1 unspecified atom stereocenters. The van der Waals surface area contributed by atoms with E-state index in [0.717, 1.165) is 0 Å². The Hall–Kier alpha value is -0.710. The van der Waals surface area contributed by atoms with E-state index < -0.39 is 6.04 Å². The maximum Gasteiger partial charge on any atom is 0.191 e. The van der Waals surface area contributed by atoms with Gasteiger partial charge in [0.1, 0.15) is 0 Å². The molecule has 11 heavy (non-hydrogen) atoms. The van der Waals surface area contributed by atoms with Crippen molar-refractivity contribution in [3.8, 4) is 0 Å². The van der Waals surface area contributed by atoms with Crippen molar-refractivity contribution in [1.29, 1.82) is 0 Å². The van der Waals surface area contributed by atoms with Crippen LogP contribution in [0.3, 0.4) is 0 Å². The van der Waals surface area contributed by atoms with Crippen molar-refractivity contribution in [2.45, 2.75) is 6.04 Å². The molecule has 3 N–H and O–H groups in total. The fraction of sp³-hybridized carbons (Fsp3) is 0.286. The van der Waals surface area contributed by atoms with Crippen LogP contribution in [0.25, 0.3) is 0 Å². The molecule has 0 fully saturated rings. The minimum Gasteiger partial charge on any atom is -0.394 e. The fourth-order valence-corrected chi connectivity index (χ4v) is 1.41. The highest BCUT2D eigenvalue weighted by Crippen LogP contribution is 2.10. The lowest BCUT2D eigenvalue weighted by Crippen LogP contribution is -2.33. The van der Waals surface area contributed by atoms with E-state index in [1.165, 1.54) is 11.3 Å². The van der Waals surface area contributed by atoms with E-state index >= 15 is 0 Å². The summed E-state index contributed by atoms with van der Waals surface area (Å²) in [5.41, 5.74) is 5.31.